The normalized spacial score (nSPS) is 10.3. The van der Waals surface area contributed by atoms with E-state index in [-0.39, 0.29) is 13.2 Å². The Morgan fingerprint density at radius 3 is 2.72 bits per heavy atom. The van der Waals surface area contributed by atoms with Crippen LogP contribution in [0, 0.1) is 0 Å². The number of aliphatic hydroxyl groups is 1. The van der Waals surface area contributed by atoms with Crippen molar-refractivity contribution in [3.8, 4) is 11.3 Å². The van der Waals surface area contributed by atoms with Gasteiger partial charge in [0.1, 0.15) is 11.3 Å². The minimum absolute atomic E-state index is 0.281. The number of rotatable bonds is 4. The number of aliphatic hydroxyl groups excluding tert-OH is 1. The molecular weight excluding hydrogens is 232 g/mol. The summed E-state index contributed by atoms with van der Waals surface area (Å²) in [4.78, 5) is 11.9. The molecular formula is C13H14N2O3. The van der Waals surface area contributed by atoms with Gasteiger partial charge >= 0.3 is 5.97 Å². The topological polar surface area (TPSA) is 75.2 Å². The highest BCUT2D eigenvalue weighted by Crippen LogP contribution is 2.24. The molecule has 0 unspecified atom stereocenters. The van der Waals surface area contributed by atoms with Gasteiger partial charge in [-0.3, -0.25) is 5.10 Å². The third kappa shape index (κ3) is 2.26. The predicted molar refractivity (Wildman–Crippen MR) is 65.9 cm³/mol. The number of nitrogens with one attached hydrogen (secondary N) is 1. The van der Waals surface area contributed by atoms with Gasteiger partial charge in [-0.2, -0.15) is 5.10 Å². The summed E-state index contributed by atoms with van der Waals surface area (Å²) in [7, 11) is 0. The van der Waals surface area contributed by atoms with Gasteiger partial charge in [-0.05, 0) is 6.92 Å². The molecule has 0 spiro atoms. The first-order valence-electron chi connectivity index (χ1n) is 5.68. The maximum Gasteiger partial charge on any atom is 0.342 e. The summed E-state index contributed by atoms with van der Waals surface area (Å²) in [6, 6.07) is 9.29. The van der Waals surface area contributed by atoms with Gasteiger partial charge in [0, 0.05) is 5.56 Å². The number of ether oxygens (including phenoxy) is 1. The van der Waals surface area contributed by atoms with E-state index < -0.39 is 5.97 Å². The highest BCUT2D eigenvalue weighted by Gasteiger charge is 2.21. The molecule has 0 saturated heterocycles. The summed E-state index contributed by atoms with van der Waals surface area (Å²) in [5.41, 5.74) is 1.97. The Labute approximate surface area is 104 Å². The van der Waals surface area contributed by atoms with E-state index in [1.165, 1.54) is 0 Å². The lowest BCUT2D eigenvalue weighted by Crippen LogP contribution is -2.08. The summed E-state index contributed by atoms with van der Waals surface area (Å²) in [6.07, 6.45) is 0. The number of hydrogen-bond acceptors (Lipinski definition) is 4. The Morgan fingerprint density at radius 2 is 2.11 bits per heavy atom. The van der Waals surface area contributed by atoms with Crippen LogP contribution in [0.4, 0.5) is 0 Å². The molecule has 2 rings (SSSR count). The lowest BCUT2D eigenvalue weighted by molar-refractivity contribution is 0.0524. The van der Waals surface area contributed by atoms with Gasteiger partial charge in [0.2, 0.25) is 0 Å². The zero-order chi connectivity index (χ0) is 13.0. The standard InChI is InChI=1S/C13H14N2O3/c1-2-18-13(17)11-10(8-16)14-15-12(11)9-6-4-3-5-7-9/h3-7,16H,2,8H2,1H3,(H,14,15). The van der Waals surface area contributed by atoms with Gasteiger partial charge in [0.15, 0.2) is 0 Å². The minimum atomic E-state index is -0.478. The number of aromatic amines is 1. The molecule has 0 atom stereocenters. The number of carbonyl (C=O) groups excluding carboxylic acids is 1. The minimum Gasteiger partial charge on any atom is -0.462 e. The van der Waals surface area contributed by atoms with E-state index in [9.17, 15) is 9.90 Å². The highest BCUT2D eigenvalue weighted by atomic mass is 16.5. The van der Waals surface area contributed by atoms with Crippen molar-refractivity contribution in [2.24, 2.45) is 0 Å². The summed E-state index contributed by atoms with van der Waals surface area (Å²) in [6.45, 7) is 1.73. The molecule has 2 aromatic rings. The third-order valence-corrected chi connectivity index (χ3v) is 2.53. The summed E-state index contributed by atoms with van der Waals surface area (Å²) in [5.74, 6) is -0.478. The molecule has 0 aliphatic carbocycles. The van der Waals surface area contributed by atoms with Gasteiger partial charge in [-0.15, -0.1) is 0 Å². The molecule has 1 aromatic heterocycles. The zero-order valence-electron chi connectivity index (χ0n) is 10.0. The molecule has 0 aliphatic rings. The van der Waals surface area contributed by atoms with Crippen LogP contribution in [0.2, 0.25) is 0 Å². The van der Waals surface area contributed by atoms with Gasteiger partial charge in [-0.1, -0.05) is 30.3 Å². The van der Waals surface area contributed by atoms with Crippen molar-refractivity contribution < 1.29 is 14.6 Å². The SMILES string of the molecule is CCOC(=O)c1c(-c2ccccc2)n[nH]c1CO. The second kappa shape index (κ2) is 5.46. The Morgan fingerprint density at radius 1 is 1.39 bits per heavy atom. The number of nitrogens with zero attached hydrogens (tertiary/aromatic N) is 1. The number of carbonyl (C=O) groups is 1. The summed E-state index contributed by atoms with van der Waals surface area (Å²) < 4.78 is 4.98. The maximum atomic E-state index is 11.9. The van der Waals surface area contributed by atoms with Crippen LogP contribution in [0.15, 0.2) is 30.3 Å². The van der Waals surface area contributed by atoms with E-state index in [1.807, 2.05) is 30.3 Å². The maximum absolute atomic E-state index is 11.9. The molecule has 1 aromatic carbocycles. The average molecular weight is 246 g/mol. The fraction of sp³-hybridized carbons (Fsp3) is 0.231. The molecule has 5 nitrogen and oxygen atoms in total. The number of esters is 1. The van der Waals surface area contributed by atoms with Crippen LogP contribution in [0.3, 0.4) is 0 Å². The second-order valence-electron chi connectivity index (χ2n) is 3.67. The first kappa shape index (κ1) is 12.3. The van der Waals surface area contributed by atoms with E-state index in [0.717, 1.165) is 5.56 Å². The van der Waals surface area contributed by atoms with Gasteiger partial charge in [0.05, 0.1) is 18.9 Å². The molecule has 1 heterocycles. The number of aromatic nitrogens is 2. The third-order valence-electron chi connectivity index (χ3n) is 2.53. The lowest BCUT2D eigenvalue weighted by Gasteiger charge is -2.04. The van der Waals surface area contributed by atoms with Crippen molar-refractivity contribution in [2.75, 3.05) is 6.61 Å². The Kier molecular flexibility index (Phi) is 3.74. The summed E-state index contributed by atoms with van der Waals surface area (Å²) in [5, 5.41) is 16.0. The van der Waals surface area contributed by atoms with E-state index in [1.54, 1.807) is 6.92 Å². The van der Waals surface area contributed by atoms with Gasteiger partial charge in [-0.25, -0.2) is 4.79 Å². The second-order valence-corrected chi connectivity index (χ2v) is 3.67. The van der Waals surface area contributed by atoms with Crippen molar-refractivity contribution in [3.05, 3.63) is 41.6 Å². The molecule has 94 valence electrons. The lowest BCUT2D eigenvalue weighted by atomic mass is 10.1. The van der Waals surface area contributed by atoms with Crippen molar-refractivity contribution in [1.29, 1.82) is 0 Å². The van der Waals surface area contributed by atoms with Crippen LogP contribution in [-0.2, 0) is 11.3 Å². The van der Waals surface area contributed by atoms with Crippen LogP contribution >= 0.6 is 0 Å². The molecule has 0 aliphatic heterocycles. The quantitative estimate of drug-likeness (QED) is 0.806. The Balaban J connectivity index is 2.49. The summed E-state index contributed by atoms with van der Waals surface area (Å²) >= 11 is 0. The van der Waals surface area contributed by atoms with E-state index in [2.05, 4.69) is 10.2 Å². The molecule has 0 radical (unpaired) electrons. The molecule has 18 heavy (non-hydrogen) atoms. The largest absolute Gasteiger partial charge is 0.462 e. The van der Waals surface area contributed by atoms with Crippen LogP contribution in [0.25, 0.3) is 11.3 Å². The van der Waals surface area contributed by atoms with Crippen LogP contribution in [0.1, 0.15) is 23.0 Å². The Bertz CT molecular complexity index is 534. The van der Waals surface area contributed by atoms with Crippen molar-refractivity contribution in [3.63, 3.8) is 0 Å². The predicted octanol–water partition coefficient (Wildman–Crippen LogP) is 1.75. The van der Waals surface area contributed by atoms with E-state index in [4.69, 9.17) is 4.74 Å². The van der Waals surface area contributed by atoms with Crippen molar-refractivity contribution in [2.45, 2.75) is 13.5 Å². The molecule has 5 heteroatoms. The monoisotopic (exact) mass is 246 g/mol. The highest BCUT2D eigenvalue weighted by molar-refractivity contribution is 5.97. The zero-order valence-corrected chi connectivity index (χ0v) is 10.0. The Hall–Kier alpha value is -2.14. The van der Waals surface area contributed by atoms with Crippen molar-refractivity contribution in [1.82, 2.24) is 10.2 Å². The smallest absolute Gasteiger partial charge is 0.342 e. The van der Waals surface area contributed by atoms with Crippen LogP contribution in [-0.4, -0.2) is 27.9 Å². The number of benzene rings is 1. The molecule has 0 bridgehead atoms. The van der Waals surface area contributed by atoms with Gasteiger partial charge < -0.3 is 9.84 Å². The number of hydrogen-bond donors (Lipinski definition) is 2. The molecule has 0 saturated carbocycles. The first-order chi connectivity index (χ1) is 8.77. The van der Waals surface area contributed by atoms with E-state index in [0.29, 0.717) is 17.0 Å². The van der Waals surface area contributed by atoms with Crippen molar-refractivity contribution >= 4 is 5.97 Å². The molecule has 0 fully saturated rings. The molecule has 2 N–H and O–H groups in total. The van der Waals surface area contributed by atoms with E-state index >= 15 is 0 Å². The first-order valence-corrected chi connectivity index (χ1v) is 5.68. The fourth-order valence-electron chi connectivity index (χ4n) is 1.72. The van der Waals surface area contributed by atoms with Crippen LogP contribution in [0.5, 0.6) is 0 Å². The average Bonchev–Trinajstić information content (AvgIpc) is 2.84. The van der Waals surface area contributed by atoms with Gasteiger partial charge in [0.25, 0.3) is 0 Å². The molecule has 0 amide bonds. The van der Waals surface area contributed by atoms with Crippen LogP contribution < -0.4 is 0 Å². The number of H-pyrrole nitrogens is 1. The fourth-order valence-corrected chi connectivity index (χ4v) is 1.72.